The summed E-state index contributed by atoms with van der Waals surface area (Å²) < 4.78 is 24.7. The average Bonchev–Trinajstić information content (AvgIpc) is 2.68. The summed E-state index contributed by atoms with van der Waals surface area (Å²) >= 11 is 0. The van der Waals surface area contributed by atoms with Crippen LogP contribution in [0.25, 0.3) is 0 Å². The molecule has 1 aliphatic rings. The van der Waals surface area contributed by atoms with Crippen molar-refractivity contribution < 1.29 is 18.7 Å². The van der Waals surface area contributed by atoms with Gasteiger partial charge in [-0.05, 0) is 25.2 Å². The highest BCUT2D eigenvalue weighted by molar-refractivity contribution is 5.95. The van der Waals surface area contributed by atoms with Crippen molar-refractivity contribution in [2.45, 2.75) is 6.04 Å². The Morgan fingerprint density at radius 3 is 2.35 bits per heavy atom. The molecule has 1 amide bonds. The number of likely N-dealkylation sites (N-methyl/N-ethyl adjacent to an activating group) is 1. The van der Waals surface area contributed by atoms with Gasteiger partial charge in [0.1, 0.15) is 17.3 Å². The summed E-state index contributed by atoms with van der Waals surface area (Å²) in [5, 5.41) is 0. The van der Waals surface area contributed by atoms with Gasteiger partial charge in [0.05, 0.1) is 20.3 Å². The lowest BCUT2D eigenvalue weighted by Gasteiger charge is -2.39. The molecule has 1 unspecified atom stereocenters. The lowest BCUT2D eigenvalue weighted by atomic mass is 10.0. The molecule has 0 aliphatic carbocycles. The Kier molecular flexibility index (Phi) is 5.42. The van der Waals surface area contributed by atoms with Crippen LogP contribution in [-0.2, 0) is 0 Å². The quantitative estimate of drug-likeness (QED) is 0.843. The Hall–Kier alpha value is -2.60. The van der Waals surface area contributed by atoms with E-state index in [0.29, 0.717) is 42.3 Å². The van der Waals surface area contributed by atoms with Crippen LogP contribution in [0.2, 0.25) is 0 Å². The molecule has 138 valence electrons. The number of carbonyl (C=O) groups is 1. The van der Waals surface area contributed by atoms with E-state index in [1.807, 2.05) is 13.1 Å². The number of amides is 1. The first-order valence-corrected chi connectivity index (χ1v) is 8.50. The molecule has 0 saturated carbocycles. The molecule has 0 aromatic heterocycles. The Morgan fingerprint density at radius 1 is 1.08 bits per heavy atom. The highest BCUT2D eigenvalue weighted by atomic mass is 19.1. The first-order chi connectivity index (χ1) is 12.5. The van der Waals surface area contributed by atoms with Gasteiger partial charge in [0.25, 0.3) is 5.91 Å². The van der Waals surface area contributed by atoms with Gasteiger partial charge in [0.15, 0.2) is 0 Å². The van der Waals surface area contributed by atoms with Gasteiger partial charge in [-0.2, -0.15) is 0 Å². The Morgan fingerprint density at radius 2 is 1.73 bits per heavy atom. The fourth-order valence-electron chi connectivity index (χ4n) is 3.25. The van der Waals surface area contributed by atoms with Crippen LogP contribution >= 0.6 is 0 Å². The van der Waals surface area contributed by atoms with E-state index in [0.717, 1.165) is 0 Å². The van der Waals surface area contributed by atoms with Gasteiger partial charge in [-0.3, -0.25) is 9.69 Å². The van der Waals surface area contributed by atoms with Crippen LogP contribution in [-0.4, -0.2) is 56.6 Å². The van der Waals surface area contributed by atoms with Crippen molar-refractivity contribution >= 4 is 5.91 Å². The summed E-state index contributed by atoms with van der Waals surface area (Å²) in [5.74, 6) is 0.762. The molecule has 0 radical (unpaired) electrons. The van der Waals surface area contributed by atoms with Crippen LogP contribution in [0.15, 0.2) is 42.5 Å². The van der Waals surface area contributed by atoms with E-state index < -0.39 is 0 Å². The summed E-state index contributed by atoms with van der Waals surface area (Å²) in [4.78, 5) is 16.8. The number of piperazine rings is 1. The third-order valence-corrected chi connectivity index (χ3v) is 4.80. The van der Waals surface area contributed by atoms with Crippen molar-refractivity contribution in [3.8, 4) is 11.5 Å². The SMILES string of the molecule is COc1cc(OC)cc(C(=O)N2CCN(C)C(c3ccccc3F)C2)c1. The van der Waals surface area contributed by atoms with Crippen LogP contribution in [0.3, 0.4) is 0 Å². The maximum absolute atomic E-state index is 14.2. The molecule has 3 rings (SSSR count). The predicted molar refractivity (Wildman–Crippen MR) is 97.2 cm³/mol. The first kappa shape index (κ1) is 18.2. The second kappa shape index (κ2) is 7.74. The van der Waals surface area contributed by atoms with E-state index in [9.17, 15) is 9.18 Å². The number of rotatable bonds is 4. The standard InChI is InChI=1S/C20H23FN2O3/c1-22-8-9-23(13-19(22)17-6-4-5-7-18(17)21)20(24)14-10-15(25-2)12-16(11-14)26-3/h4-7,10-12,19H,8-9,13H2,1-3H3. The minimum Gasteiger partial charge on any atom is -0.497 e. The Labute approximate surface area is 152 Å². The molecule has 0 bridgehead atoms. The summed E-state index contributed by atoms with van der Waals surface area (Å²) in [5.41, 5.74) is 1.11. The maximum atomic E-state index is 14.2. The molecule has 1 atom stereocenters. The van der Waals surface area contributed by atoms with E-state index in [4.69, 9.17) is 9.47 Å². The molecule has 1 saturated heterocycles. The number of nitrogens with zero attached hydrogens (tertiary/aromatic N) is 2. The van der Waals surface area contributed by atoms with Gasteiger partial charge >= 0.3 is 0 Å². The zero-order valence-corrected chi connectivity index (χ0v) is 15.2. The lowest BCUT2D eigenvalue weighted by molar-refractivity contribution is 0.0540. The van der Waals surface area contributed by atoms with Gasteiger partial charge in [-0.25, -0.2) is 4.39 Å². The monoisotopic (exact) mass is 358 g/mol. The Bertz CT molecular complexity index is 774. The number of hydrogen-bond donors (Lipinski definition) is 0. The molecule has 1 aliphatic heterocycles. The second-order valence-corrected chi connectivity index (χ2v) is 6.37. The summed E-state index contributed by atoms with van der Waals surface area (Å²) in [6.07, 6.45) is 0. The van der Waals surface area contributed by atoms with Crippen molar-refractivity contribution in [2.75, 3.05) is 40.9 Å². The zero-order valence-electron chi connectivity index (χ0n) is 15.2. The largest absolute Gasteiger partial charge is 0.497 e. The van der Waals surface area contributed by atoms with Crippen molar-refractivity contribution in [3.05, 3.63) is 59.4 Å². The van der Waals surface area contributed by atoms with Crippen LogP contribution in [0.4, 0.5) is 4.39 Å². The van der Waals surface area contributed by atoms with Crippen LogP contribution in [0, 0.1) is 5.82 Å². The summed E-state index contributed by atoms with van der Waals surface area (Å²) in [6.45, 7) is 1.68. The maximum Gasteiger partial charge on any atom is 0.254 e. The lowest BCUT2D eigenvalue weighted by Crippen LogP contribution is -2.49. The van der Waals surface area contributed by atoms with Gasteiger partial charge in [0, 0.05) is 36.8 Å². The molecule has 1 fully saturated rings. The van der Waals surface area contributed by atoms with E-state index >= 15 is 0 Å². The molecule has 26 heavy (non-hydrogen) atoms. The molecular formula is C20H23FN2O3. The van der Waals surface area contributed by atoms with Crippen molar-refractivity contribution in [2.24, 2.45) is 0 Å². The number of methoxy groups -OCH3 is 2. The van der Waals surface area contributed by atoms with Gasteiger partial charge < -0.3 is 14.4 Å². The van der Waals surface area contributed by atoms with Gasteiger partial charge in [-0.1, -0.05) is 18.2 Å². The second-order valence-electron chi connectivity index (χ2n) is 6.37. The smallest absolute Gasteiger partial charge is 0.254 e. The third-order valence-electron chi connectivity index (χ3n) is 4.80. The third kappa shape index (κ3) is 3.65. The van der Waals surface area contributed by atoms with Crippen molar-refractivity contribution in [3.63, 3.8) is 0 Å². The minimum absolute atomic E-state index is 0.114. The molecule has 1 heterocycles. The molecule has 0 spiro atoms. The molecule has 5 nitrogen and oxygen atoms in total. The van der Waals surface area contributed by atoms with E-state index in [1.165, 1.54) is 6.07 Å². The fraction of sp³-hybridized carbons (Fsp3) is 0.350. The predicted octanol–water partition coefficient (Wildman–Crippen LogP) is 2.97. The molecule has 2 aromatic carbocycles. The Balaban J connectivity index is 1.85. The van der Waals surface area contributed by atoms with Crippen LogP contribution in [0.1, 0.15) is 22.0 Å². The van der Waals surface area contributed by atoms with Crippen LogP contribution in [0.5, 0.6) is 11.5 Å². The minimum atomic E-state index is -0.248. The number of ether oxygens (including phenoxy) is 2. The first-order valence-electron chi connectivity index (χ1n) is 8.50. The number of benzene rings is 2. The molecule has 0 N–H and O–H groups in total. The normalized spacial score (nSPS) is 17.8. The molecular weight excluding hydrogens is 335 g/mol. The topological polar surface area (TPSA) is 42.0 Å². The molecule has 6 heteroatoms. The summed E-state index contributed by atoms with van der Waals surface area (Å²) in [6, 6.07) is 11.7. The van der Waals surface area contributed by atoms with Crippen molar-refractivity contribution in [1.29, 1.82) is 0 Å². The molecule has 2 aromatic rings. The van der Waals surface area contributed by atoms with E-state index in [2.05, 4.69) is 4.90 Å². The average molecular weight is 358 g/mol. The van der Waals surface area contributed by atoms with Gasteiger partial charge in [0.2, 0.25) is 0 Å². The highest BCUT2D eigenvalue weighted by Gasteiger charge is 2.30. The fourth-order valence-corrected chi connectivity index (χ4v) is 3.25. The number of hydrogen-bond acceptors (Lipinski definition) is 4. The number of halogens is 1. The van der Waals surface area contributed by atoms with E-state index in [-0.39, 0.29) is 17.8 Å². The summed E-state index contributed by atoms with van der Waals surface area (Å²) in [7, 11) is 5.05. The zero-order chi connectivity index (χ0) is 18.7. The van der Waals surface area contributed by atoms with Gasteiger partial charge in [-0.15, -0.1) is 0 Å². The highest BCUT2D eigenvalue weighted by Crippen LogP contribution is 2.28. The van der Waals surface area contributed by atoms with E-state index in [1.54, 1.807) is 49.5 Å². The van der Waals surface area contributed by atoms with Crippen molar-refractivity contribution in [1.82, 2.24) is 9.80 Å². The number of carbonyl (C=O) groups excluding carboxylic acids is 1. The van der Waals surface area contributed by atoms with Crippen LogP contribution < -0.4 is 9.47 Å².